The number of nitrogens with two attached hydrogens (primary N) is 1. The van der Waals surface area contributed by atoms with Crippen LogP contribution < -0.4 is 10.5 Å². The molecule has 4 heteroatoms. The molecule has 0 aliphatic rings. The fourth-order valence-electron chi connectivity index (χ4n) is 2.21. The van der Waals surface area contributed by atoms with Gasteiger partial charge >= 0.3 is 0 Å². The van der Waals surface area contributed by atoms with Crippen molar-refractivity contribution in [1.82, 2.24) is 5.16 Å². The molecule has 108 valence electrons. The lowest BCUT2D eigenvalue weighted by atomic mass is 9.82. The van der Waals surface area contributed by atoms with Gasteiger partial charge in [0, 0.05) is 11.0 Å². The Bertz CT molecular complexity index is 615. The molecule has 2 rings (SSSR count). The predicted molar refractivity (Wildman–Crippen MR) is 81.0 cm³/mol. The van der Waals surface area contributed by atoms with Gasteiger partial charge in [-0.3, -0.25) is 0 Å². The maximum Gasteiger partial charge on any atom is 0.230 e. The van der Waals surface area contributed by atoms with Crippen LogP contribution in [0.15, 0.2) is 22.7 Å². The minimum absolute atomic E-state index is 0.106. The number of benzene rings is 1. The molecule has 0 aliphatic heterocycles. The minimum Gasteiger partial charge on any atom is -0.496 e. The quantitative estimate of drug-likeness (QED) is 0.917. The SMILES string of the molecule is CCC(C)(C)c1noc(N)c1-c1cc(C)ccc1OC. The smallest absolute Gasteiger partial charge is 0.230 e. The summed E-state index contributed by atoms with van der Waals surface area (Å²) in [6.07, 6.45) is 0.945. The summed E-state index contributed by atoms with van der Waals surface area (Å²) in [4.78, 5) is 0. The zero-order valence-electron chi connectivity index (χ0n) is 12.8. The highest BCUT2D eigenvalue weighted by atomic mass is 16.5. The average Bonchev–Trinajstić information content (AvgIpc) is 2.81. The van der Waals surface area contributed by atoms with E-state index >= 15 is 0 Å². The number of ether oxygens (including phenoxy) is 1. The van der Waals surface area contributed by atoms with Crippen molar-refractivity contribution in [3.8, 4) is 16.9 Å². The average molecular weight is 274 g/mol. The van der Waals surface area contributed by atoms with E-state index in [1.165, 1.54) is 0 Å². The largest absolute Gasteiger partial charge is 0.496 e. The molecule has 0 atom stereocenters. The van der Waals surface area contributed by atoms with Crippen molar-refractivity contribution in [3.05, 3.63) is 29.5 Å². The third-order valence-electron chi connectivity index (χ3n) is 3.87. The molecule has 0 saturated heterocycles. The molecule has 0 unspecified atom stereocenters. The molecule has 2 N–H and O–H groups in total. The topological polar surface area (TPSA) is 61.3 Å². The van der Waals surface area contributed by atoms with E-state index in [-0.39, 0.29) is 5.41 Å². The monoisotopic (exact) mass is 274 g/mol. The second-order valence-electron chi connectivity index (χ2n) is 5.71. The number of aryl methyl sites for hydroxylation is 1. The molecule has 2 aromatic rings. The van der Waals surface area contributed by atoms with E-state index in [4.69, 9.17) is 15.0 Å². The van der Waals surface area contributed by atoms with Crippen LogP contribution in [0.4, 0.5) is 5.88 Å². The first-order valence-corrected chi connectivity index (χ1v) is 6.81. The number of anilines is 1. The first-order valence-electron chi connectivity index (χ1n) is 6.81. The zero-order chi connectivity index (χ0) is 14.9. The van der Waals surface area contributed by atoms with Gasteiger partial charge in [-0.05, 0) is 25.5 Å². The van der Waals surface area contributed by atoms with Crippen molar-refractivity contribution in [2.75, 3.05) is 12.8 Å². The van der Waals surface area contributed by atoms with Crippen molar-refractivity contribution in [1.29, 1.82) is 0 Å². The fraction of sp³-hybridized carbons (Fsp3) is 0.438. The summed E-state index contributed by atoms with van der Waals surface area (Å²) in [5, 5.41) is 4.18. The molecule has 20 heavy (non-hydrogen) atoms. The lowest BCUT2D eigenvalue weighted by Crippen LogP contribution is -2.17. The van der Waals surface area contributed by atoms with E-state index in [1.807, 2.05) is 19.1 Å². The molecule has 4 nitrogen and oxygen atoms in total. The minimum atomic E-state index is -0.106. The van der Waals surface area contributed by atoms with Crippen LogP contribution in [0.5, 0.6) is 5.75 Å². The van der Waals surface area contributed by atoms with Gasteiger partial charge in [-0.25, -0.2) is 0 Å². The molecule has 0 radical (unpaired) electrons. The molecule has 0 aliphatic carbocycles. The van der Waals surface area contributed by atoms with E-state index in [0.29, 0.717) is 5.88 Å². The van der Waals surface area contributed by atoms with Crippen LogP contribution in [0.1, 0.15) is 38.4 Å². The third-order valence-corrected chi connectivity index (χ3v) is 3.87. The van der Waals surface area contributed by atoms with Gasteiger partial charge in [0.05, 0.1) is 18.4 Å². The molecular weight excluding hydrogens is 252 g/mol. The van der Waals surface area contributed by atoms with E-state index in [0.717, 1.165) is 34.6 Å². The predicted octanol–water partition coefficient (Wildman–Crippen LogP) is 3.93. The maximum absolute atomic E-state index is 6.01. The lowest BCUT2D eigenvalue weighted by molar-refractivity contribution is 0.391. The van der Waals surface area contributed by atoms with Gasteiger partial charge in [0.2, 0.25) is 5.88 Å². The van der Waals surface area contributed by atoms with Crippen molar-refractivity contribution < 1.29 is 9.26 Å². The summed E-state index contributed by atoms with van der Waals surface area (Å²) < 4.78 is 10.7. The number of methoxy groups -OCH3 is 1. The second-order valence-corrected chi connectivity index (χ2v) is 5.71. The Hall–Kier alpha value is -1.97. The first-order chi connectivity index (χ1) is 9.40. The summed E-state index contributed by atoms with van der Waals surface area (Å²) in [5.74, 6) is 1.11. The van der Waals surface area contributed by atoms with Gasteiger partial charge in [-0.1, -0.05) is 37.6 Å². The summed E-state index contributed by atoms with van der Waals surface area (Å²) >= 11 is 0. The number of nitrogens with zero attached hydrogens (tertiary/aromatic N) is 1. The molecule has 0 spiro atoms. The maximum atomic E-state index is 6.01. The third kappa shape index (κ3) is 2.38. The van der Waals surface area contributed by atoms with Crippen LogP contribution in [0.3, 0.4) is 0 Å². The van der Waals surface area contributed by atoms with E-state index in [1.54, 1.807) is 7.11 Å². The fourth-order valence-corrected chi connectivity index (χ4v) is 2.21. The molecule has 1 aromatic carbocycles. The summed E-state index contributed by atoms with van der Waals surface area (Å²) in [6.45, 7) is 8.44. The van der Waals surface area contributed by atoms with Crippen LogP contribution in [-0.4, -0.2) is 12.3 Å². The van der Waals surface area contributed by atoms with Gasteiger partial charge in [0.25, 0.3) is 0 Å². The van der Waals surface area contributed by atoms with Gasteiger partial charge in [0.1, 0.15) is 5.75 Å². The number of nitrogen functional groups attached to an aromatic ring is 1. The van der Waals surface area contributed by atoms with Crippen LogP contribution in [0.2, 0.25) is 0 Å². The molecule has 0 fully saturated rings. The van der Waals surface area contributed by atoms with Gasteiger partial charge in [-0.15, -0.1) is 0 Å². The Kier molecular flexibility index (Phi) is 3.75. The molecule has 1 aromatic heterocycles. The highest BCUT2D eigenvalue weighted by Crippen LogP contribution is 2.42. The van der Waals surface area contributed by atoms with Gasteiger partial charge in [0.15, 0.2) is 0 Å². The Labute approximate surface area is 119 Å². The first kappa shape index (κ1) is 14.4. The number of rotatable bonds is 4. The Morgan fingerprint density at radius 2 is 2.05 bits per heavy atom. The Morgan fingerprint density at radius 3 is 2.65 bits per heavy atom. The van der Waals surface area contributed by atoms with Gasteiger partial charge < -0.3 is 15.0 Å². The standard InChI is InChI=1S/C16H22N2O2/c1-6-16(3,4)14-13(15(17)20-18-14)11-9-10(2)7-8-12(11)19-5/h7-9H,6,17H2,1-5H3. The van der Waals surface area contributed by atoms with Crippen LogP contribution in [-0.2, 0) is 5.41 Å². The lowest BCUT2D eigenvalue weighted by Gasteiger charge is -2.21. The van der Waals surface area contributed by atoms with E-state index in [9.17, 15) is 0 Å². The zero-order valence-corrected chi connectivity index (χ0v) is 12.8. The second kappa shape index (κ2) is 5.19. The number of aromatic nitrogens is 1. The normalized spacial score (nSPS) is 11.7. The van der Waals surface area contributed by atoms with Crippen molar-refractivity contribution >= 4 is 5.88 Å². The van der Waals surface area contributed by atoms with E-state index in [2.05, 4.69) is 32.0 Å². The van der Waals surface area contributed by atoms with Crippen molar-refractivity contribution in [3.63, 3.8) is 0 Å². The molecular formula is C16H22N2O2. The van der Waals surface area contributed by atoms with E-state index < -0.39 is 0 Å². The van der Waals surface area contributed by atoms with Crippen molar-refractivity contribution in [2.24, 2.45) is 0 Å². The number of hydrogen-bond donors (Lipinski definition) is 1. The van der Waals surface area contributed by atoms with Crippen LogP contribution >= 0.6 is 0 Å². The molecule has 0 bridgehead atoms. The Morgan fingerprint density at radius 1 is 1.35 bits per heavy atom. The molecule has 0 amide bonds. The molecule has 1 heterocycles. The van der Waals surface area contributed by atoms with Crippen molar-refractivity contribution in [2.45, 2.75) is 39.5 Å². The summed E-state index contributed by atoms with van der Waals surface area (Å²) in [5.41, 5.74) is 9.70. The van der Waals surface area contributed by atoms with Crippen LogP contribution in [0, 0.1) is 6.92 Å². The summed E-state index contributed by atoms with van der Waals surface area (Å²) in [6, 6.07) is 6.01. The molecule has 0 saturated carbocycles. The number of hydrogen-bond acceptors (Lipinski definition) is 4. The van der Waals surface area contributed by atoms with Crippen LogP contribution in [0.25, 0.3) is 11.1 Å². The Balaban J connectivity index is 2.70. The van der Waals surface area contributed by atoms with Gasteiger partial charge in [-0.2, -0.15) is 0 Å². The highest BCUT2D eigenvalue weighted by Gasteiger charge is 2.30. The summed E-state index contributed by atoms with van der Waals surface area (Å²) in [7, 11) is 1.66. The highest BCUT2D eigenvalue weighted by molar-refractivity contribution is 5.81.